The van der Waals surface area contributed by atoms with Crippen LogP contribution < -0.4 is 9.80 Å². The van der Waals surface area contributed by atoms with Gasteiger partial charge in [0, 0.05) is 37.1 Å². The molecule has 1 amide bonds. The third-order valence-electron chi connectivity index (χ3n) is 6.15. The number of aryl methyl sites for hydroxylation is 1. The molecular weight excluding hydrogens is 456 g/mol. The Morgan fingerprint density at radius 3 is 2.48 bits per heavy atom. The molecule has 172 valence electrons. The Bertz CT molecular complexity index is 1280. The van der Waals surface area contributed by atoms with Crippen molar-refractivity contribution in [1.82, 2.24) is 0 Å². The Morgan fingerprint density at radius 1 is 1.00 bits per heavy atom. The molecule has 5 rings (SSSR count). The van der Waals surface area contributed by atoms with Crippen LogP contribution >= 0.6 is 11.3 Å². The monoisotopic (exact) mass is 482 g/mol. The molecule has 2 aliphatic heterocycles. The number of carbonyl (C=O) groups is 1. The highest BCUT2D eigenvalue weighted by molar-refractivity contribution is 7.90. The molecule has 0 aliphatic carbocycles. The molecule has 3 heterocycles. The summed E-state index contributed by atoms with van der Waals surface area (Å²) in [7, 11) is -3.29. The largest absolute Gasteiger partial charge is 0.378 e. The number of amides is 1. The minimum atomic E-state index is -3.29. The lowest BCUT2D eigenvalue weighted by Gasteiger charge is -2.30. The second-order valence-corrected chi connectivity index (χ2v) is 11.5. The normalized spacial score (nSPS) is 16.5. The van der Waals surface area contributed by atoms with E-state index in [1.54, 1.807) is 23.1 Å². The lowest BCUT2D eigenvalue weighted by Crippen LogP contribution is -2.36. The number of rotatable bonds is 4. The fourth-order valence-corrected chi connectivity index (χ4v) is 6.31. The molecule has 6 nitrogen and oxygen atoms in total. The fraction of sp³-hybridized carbons (Fsp3) is 0.320. The summed E-state index contributed by atoms with van der Waals surface area (Å²) in [6.07, 6.45) is 2.78. The lowest BCUT2D eigenvalue weighted by atomic mass is 10.0. The van der Waals surface area contributed by atoms with E-state index in [9.17, 15) is 13.2 Å². The number of benzene rings is 2. The second kappa shape index (κ2) is 8.93. The molecule has 8 heteroatoms. The molecule has 0 atom stereocenters. The maximum Gasteiger partial charge on any atom is 0.268 e. The predicted molar refractivity (Wildman–Crippen MR) is 132 cm³/mol. The van der Waals surface area contributed by atoms with Gasteiger partial charge in [-0.2, -0.15) is 0 Å². The topological polar surface area (TPSA) is 66.9 Å². The molecule has 0 saturated carbocycles. The number of carbonyl (C=O) groups excluding carboxylic acids is 1. The van der Waals surface area contributed by atoms with Crippen LogP contribution in [0, 0.1) is 0 Å². The molecule has 1 aromatic heterocycles. The van der Waals surface area contributed by atoms with E-state index in [-0.39, 0.29) is 5.91 Å². The summed E-state index contributed by atoms with van der Waals surface area (Å²) in [5.41, 5.74) is 3.87. The number of morpholine rings is 1. The first kappa shape index (κ1) is 22.1. The van der Waals surface area contributed by atoms with E-state index in [1.165, 1.54) is 17.6 Å². The summed E-state index contributed by atoms with van der Waals surface area (Å²) in [4.78, 5) is 18.8. The maximum atomic E-state index is 13.7. The maximum absolute atomic E-state index is 13.7. The van der Waals surface area contributed by atoms with Crippen LogP contribution in [-0.4, -0.2) is 53.4 Å². The summed E-state index contributed by atoms with van der Waals surface area (Å²) in [6.45, 7) is 3.58. The van der Waals surface area contributed by atoms with Gasteiger partial charge in [0.15, 0.2) is 9.84 Å². The zero-order chi connectivity index (χ0) is 23.0. The minimum absolute atomic E-state index is 0.0373. The van der Waals surface area contributed by atoms with Crippen molar-refractivity contribution in [3.05, 3.63) is 65.0 Å². The van der Waals surface area contributed by atoms with Gasteiger partial charge in [-0.25, -0.2) is 8.42 Å². The Hall–Kier alpha value is -2.68. The van der Waals surface area contributed by atoms with Crippen molar-refractivity contribution in [3.63, 3.8) is 0 Å². The summed E-state index contributed by atoms with van der Waals surface area (Å²) >= 11 is 1.53. The van der Waals surface area contributed by atoms with E-state index in [0.29, 0.717) is 29.5 Å². The third-order valence-corrected chi connectivity index (χ3v) is 8.44. The lowest BCUT2D eigenvalue weighted by molar-refractivity contribution is 0.0989. The van der Waals surface area contributed by atoms with Crippen LogP contribution in [0.5, 0.6) is 0 Å². The van der Waals surface area contributed by atoms with Crippen molar-refractivity contribution < 1.29 is 17.9 Å². The van der Waals surface area contributed by atoms with Crippen molar-refractivity contribution in [2.75, 3.05) is 48.9 Å². The van der Waals surface area contributed by atoms with Gasteiger partial charge < -0.3 is 14.5 Å². The number of hydrogen-bond acceptors (Lipinski definition) is 6. The van der Waals surface area contributed by atoms with Crippen molar-refractivity contribution in [2.45, 2.75) is 17.7 Å². The second-order valence-electron chi connectivity index (χ2n) is 8.42. The first-order valence-corrected chi connectivity index (χ1v) is 13.8. The Morgan fingerprint density at radius 2 is 1.76 bits per heavy atom. The standard InChI is InChI=1S/C25H26N2O4S2/c1-33(29,30)20-9-10-22-19(16-20)8-5-11-27(22)24(28)23-17-21(18-6-3-2-4-7-18)25(32-23)26-12-14-31-15-13-26/h2-4,6-7,9-10,16-17H,5,8,11-15H2,1H3. The number of anilines is 2. The van der Waals surface area contributed by atoms with E-state index >= 15 is 0 Å². The smallest absolute Gasteiger partial charge is 0.268 e. The van der Waals surface area contributed by atoms with Gasteiger partial charge in [0.2, 0.25) is 0 Å². The quantitative estimate of drug-likeness (QED) is 0.556. The van der Waals surface area contributed by atoms with E-state index in [0.717, 1.165) is 53.3 Å². The minimum Gasteiger partial charge on any atom is -0.378 e. The van der Waals surface area contributed by atoms with Crippen LogP contribution in [0.4, 0.5) is 10.7 Å². The van der Waals surface area contributed by atoms with Crippen LogP contribution in [0.1, 0.15) is 21.7 Å². The Balaban J connectivity index is 1.53. The summed E-state index contributed by atoms with van der Waals surface area (Å²) < 4.78 is 29.5. The predicted octanol–water partition coefficient (Wildman–Crippen LogP) is 4.25. The van der Waals surface area contributed by atoms with Crippen molar-refractivity contribution in [2.24, 2.45) is 0 Å². The highest BCUT2D eigenvalue weighted by Crippen LogP contribution is 2.41. The molecule has 1 saturated heterocycles. The Labute approximate surface area is 198 Å². The van der Waals surface area contributed by atoms with E-state index in [4.69, 9.17) is 4.74 Å². The molecule has 3 aromatic rings. The molecule has 33 heavy (non-hydrogen) atoms. The van der Waals surface area contributed by atoms with Crippen LogP contribution in [0.2, 0.25) is 0 Å². The number of ether oxygens (including phenoxy) is 1. The first-order chi connectivity index (χ1) is 15.9. The van der Waals surface area contributed by atoms with Crippen LogP contribution in [0.25, 0.3) is 11.1 Å². The van der Waals surface area contributed by atoms with Gasteiger partial charge in [0.1, 0.15) is 0 Å². The Kier molecular flexibility index (Phi) is 5.99. The number of sulfone groups is 1. The SMILES string of the molecule is CS(=O)(=O)c1ccc2c(c1)CCCN2C(=O)c1cc(-c2ccccc2)c(N2CCOCC2)s1. The molecule has 0 unspecified atom stereocenters. The van der Waals surface area contributed by atoms with Gasteiger partial charge in [-0.15, -0.1) is 11.3 Å². The summed E-state index contributed by atoms with van der Waals surface area (Å²) in [5.74, 6) is -0.0373. The molecule has 0 radical (unpaired) electrons. The third kappa shape index (κ3) is 4.43. The number of fused-ring (bicyclic) bond motifs is 1. The summed E-state index contributed by atoms with van der Waals surface area (Å²) in [5, 5.41) is 1.09. The number of thiophene rings is 1. The van der Waals surface area contributed by atoms with Crippen LogP contribution in [-0.2, 0) is 21.0 Å². The van der Waals surface area contributed by atoms with Crippen LogP contribution in [0.3, 0.4) is 0 Å². The zero-order valence-corrected chi connectivity index (χ0v) is 20.1. The van der Waals surface area contributed by atoms with Gasteiger partial charge in [-0.3, -0.25) is 4.79 Å². The first-order valence-electron chi connectivity index (χ1n) is 11.1. The summed E-state index contributed by atoms with van der Waals surface area (Å²) in [6, 6.07) is 17.3. The number of hydrogen-bond donors (Lipinski definition) is 0. The van der Waals surface area contributed by atoms with Gasteiger partial charge in [0.05, 0.1) is 28.0 Å². The molecule has 1 fully saturated rings. The van der Waals surface area contributed by atoms with Gasteiger partial charge in [0.25, 0.3) is 5.91 Å². The van der Waals surface area contributed by atoms with Gasteiger partial charge in [-0.1, -0.05) is 30.3 Å². The molecule has 0 N–H and O–H groups in total. The van der Waals surface area contributed by atoms with Gasteiger partial charge in [-0.05, 0) is 48.2 Å². The molecule has 0 bridgehead atoms. The van der Waals surface area contributed by atoms with Gasteiger partial charge >= 0.3 is 0 Å². The molecule has 2 aromatic carbocycles. The zero-order valence-electron chi connectivity index (χ0n) is 18.5. The average molecular weight is 483 g/mol. The highest BCUT2D eigenvalue weighted by atomic mass is 32.2. The van der Waals surface area contributed by atoms with Crippen molar-refractivity contribution in [3.8, 4) is 11.1 Å². The van der Waals surface area contributed by atoms with Crippen molar-refractivity contribution >= 4 is 37.8 Å². The molecular formula is C25H26N2O4S2. The van der Waals surface area contributed by atoms with Crippen LogP contribution in [0.15, 0.2) is 59.5 Å². The van der Waals surface area contributed by atoms with E-state index < -0.39 is 9.84 Å². The number of nitrogens with zero attached hydrogens (tertiary/aromatic N) is 2. The fourth-order valence-electron chi connectivity index (χ4n) is 4.46. The molecule has 0 spiro atoms. The highest BCUT2D eigenvalue weighted by Gasteiger charge is 2.28. The van der Waals surface area contributed by atoms with E-state index in [2.05, 4.69) is 17.0 Å². The van der Waals surface area contributed by atoms with E-state index in [1.807, 2.05) is 24.3 Å². The van der Waals surface area contributed by atoms with Crippen molar-refractivity contribution in [1.29, 1.82) is 0 Å². The average Bonchev–Trinajstić information content (AvgIpc) is 3.29. The molecule has 2 aliphatic rings.